The maximum atomic E-state index is 13.5. The first-order valence-electron chi connectivity index (χ1n) is 8.30. The van der Waals surface area contributed by atoms with E-state index in [1.165, 1.54) is 29.5 Å². The molecule has 3 N–H and O–H groups in total. The van der Waals surface area contributed by atoms with Gasteiger partial charge in [0, 0.05) is 32.9 Å². The number of nitrogens with one attached hydrogen (secondary N) is 1. The molecule has 0 unspecified atom stereocenters. The van der Waals surface area contributed by atoms with Gasteiger partial charge in [-0.25, -0.2) is 9.37 Å². The monoisotopic (exact) mass is 397 g/mol. The molecule has 0 spiro atoms. The predicted octanol–water partition coefficient (Wildman–Crippen LogP) is 5.26. The molecule has 1 aliphatic carbocycles. The highest BCUT2D eigenvalue weighted by Crippen LogP contribution is 2.39. The minimum absolute atomic E-state index is 0.274. The fourth-order valence-electron chi connectivity index (χ4n) is 3.72. The number of pyridine rings is 1. The third-order valence-corrected chi connectivity index (χ3v) is 5.53. The molecule has 0 aliphatic heterocycles. The summed E-state index contributed by atoms with van der Waals surface area (Å²) in [4.78, 5) is 4.89. The van der Waals surface area contributed by atoms with Gasteiger partial charge in [0.05, 0.1) is 11.2 Å². The first-order chi connectivity index (χ1) is 12.1. The Kier molecular flexibility index (Phi) is 4.04. The molecule has 4 rings (SSSR count). The van der Waals surface area contributed by atoms with Crippen LogP contribution in [-0.2, 0) is 12.8 Å². The number of nitrogens with two attached hydrogens (primary N) is 1. The summed E-state index contributed by atoms with van der Waals surface area (Å²) in [6, 6.07) is 8.43. The second kappa shape index (κ2) is 6.23. The van der Waals surface area contributed by atoms with Crippen molar-refractivity contribution in [1.29, 1.82) is 5.41 Å². The molecule has 0 atom stereocenters. The topological polar surface area (TPSA) is 62.8 Å². The van der Waals surface area contributed by atoms with Gasteiger partial charge in [0.2, 0.25) is 0 Å². The summed E-state index contributed by atoms with van der Waals surface area (Å²) in [7, 11) is 0. The van der Waals surface area contributed by atoms with Crippen molar-refractivity contribution >= 4 is 38.7 Å². The number of halogens is 2. The Bertz CT molecular complexity index is 1010. The Labute approximate surface area is 153 Å². The molecule has 25 heavy (non-hydrogen) atoms. The number of hydrogen-bond acceptors (Lipinski definition) is 3. The zero-order chi connectivity index (χ0) is 17.6. The van der Waals surface area contributed by atoms with E-state index in [0.29, 0.717) is 10.2 Å². The first kappa shape index (κ1) is 16.2. The Morgan fingerprint density at radius 2 is 1.88 bits per heavy atom. The molecule has 0 amide bonds. The van der Waals surface area contributed by atoms with Crippen molar-refractivity contribution in [3.05, 3.63) is 57.3 Å². The molecular formula is C20H17BrFN3. The lowest BCUT2D eigenvalue weighted by atomic mass is 9.85. The number of aryl methyl sites for hydroxylation is 1. The molecule has 0 saturated carbocycles. The van der Waals surface area contributed by atoms with Gasteiger partial charge in [-0.3, -0.25) is 0 Å². The molecule has 1 aliphatic rings. The van der Waals surface area contributed by atoms with Gasteiger partial charge in [0.1, 0.15) is 5.82 Å². The summed E-state index contributed by atoms with van der Waals surface area (Å²) in [6.07, 6.45) is 5.42. The molecule has 5 heteroatoms. The fraction of sp³-hybridized carbons (Fsp3) is 0.200. The van der Waals surface area contributed by atoms with Gasteiger partial charge in [0.25, 0.3) is 0 Å². The average molecular weight is 398 g/mol. The van der Waals surface area contributed by atoms with Crippen LogP contribution in [0.25, 0.3) is 22.2 Å². The van der Waals surface area contributed by atoms with Crippen LogP contribution < -0.4 is 5.73 Å². The summed E-state index contributed by atoms with van der Waals surface area (Å²) in [6.45, 7) is 0. The van der Waals surface area contributed by atoms with Crippen LogP contribution in [0.2, 0.25) is 0 Å². The van der Waals surface area contributed by atoms with Gasteiger partial charge in [-0.15, -0.1) is 0 Å². The van der Waals surface area contributed by atoms with Gasteiger partial charge in [0.15, 0.2) is 0 Å². The highest BCUT2D eigenvalue weighted by molar-refractivity contribution is 9.10. The van der Waals surface area contributed by atoms with E-state index in [0.717, 1.165) is 53.4 Å². The normalized spacial score (nSPS) is 13.7. The molecule has 1 aromatic heterocycles. The largest absolute Gasteiger partial charge is 0.398 e. The van der Waals surface area contributed by atoms with E-state index >= 15 is 0 Å². The zero-order valence-electron chi connectivity index (χ0n) is 13.6. The maximum Gasteiger partial charge on any atom is 0.124 e. The molecule has 0 radical (unpaired) electrons. The maximum absolute atomic E-state index is 13.5. The SMILES string of the molecule is N=Cc1c(N)ccc2nc(-c3ccc(F)cc3Br)c3c(c12)CCCC3. The second-order valence-corrected chi connectivity index (χ2v) is 7.21. The Balaban J connectivity index is 2.10. The average Bonchev–Trinajstić information content (AvgIpc) is 2.61. The molecule has 3 aromatic rings. The van der Waals surface area contributed by atoms with Crippen molar-refractivity contribution in [3.8, 4) is 11.3 Å². The van der Waals surface area contributed by atoms with Crippen LogP contribution in [0.1, 0.15) is 29.5 Å². The van der Waals surface area contributed by atoms with Crippen molar-refractivity contribution in [2.75, 3.05) is 5.73 Å². The van der Waals surface area contributed by atoms with Crippen LogP contribution in [0.4, 0.5) is 10.1 Å². The summed E-state index contributed by atoms with van der Waals surface area (Å²) in [5.74, 6) is -0.274. The number of rotatable bonds is 2. The zero-order valence-corrected chi connectivity index (χ0v) is 15.2. The highest BCUT2D eigenvalue weighted by Gasteiger charge is 2.22. The lowest BCUT2D eigenvalue weighted by molar-refractivity contribution is 0.627. The smallest absolute Gasteiger partial charge is 0.124 e. The lowest BCUT2D eigenvalue weighted by Crippen LogP contribution is -2.10. The fourth-order valence-corrected chi connectivity index (χ4v) is 4.26. The molecule has 3 nitrogen and oxygen atoms in total. The van der Waals surface area contributed by atoms with Crippen LogP contribution >= 0.6 is 15.9 Å². The molecule has 0 fully saturated rings. The van der Waals surface area contributed by atoms with E-state index < -0.39 is 0 Å². The van der Waals surface area contributed by atoms with Crippen LogP contribution in [0.5, 0.6) is 0 Å². The lowest BCUT2D eigenvalue weighted by Gasteiger charge is -2.23. The number of nitrogens with zero attached hydrogens (tertiary/aromatic N) is 1. The summed E-state index contributed by atoms with van der Waals surface area (Å²) >= 11 is 3.48. The minimum Gasteiger partial charge on any atom is -0.398 e. The standard InChI is InChI=1S/C20H17BrFN3/c21-16-9-11(22)5-6-14(16)20-13-4-2-1-3-12(13)19-15(10-23)17(24)7-8-18(19)25-20/h5-10,23H,1-4,24H2. The van der Waals surface area contributed by atoms with E-state index in [1.807, 2.05) is 6.07 Å². The highest BCUT2D eigenvalue weighted by atomic mass is 79.9. The van der Waals surface area contributed by atoms with E-state index in [4.69, 9.17) is 16.1 Å². The van der Waals surface area contributed by atoms with Gasteiger partial charge < -0.3 is 11.1 Å². The third-order valence-electron chi connectivity index (χ3n) is 4.88. The van der Waals surface area contributed by atoms with Crippen molar-refractivity contribution in [3.63, 3.8) is 0 Å². The molecule has 1 heterocycles. The van der Waals surface area contributed by atoms with Crippen LogP contribution in [0, 0.1) is 11.2 Å². The molecule has 0 saturated heterocycles. The number of fused-ring (bicyclic) bond motifs is 3. The van der Waals surface area contributed by atoms with E-state index in [1.54, 1.807) is 12.1 Å². The van der Waals surface area contributed by atoms with Crippen molar-refractivity contribution in [1.82, 2.24) is 4.98 Å². The predicted molar refractivity (Wildman–Crippen MR) is 104 cm³/mol. The van der Waals surface area contributed by atoms with Gasteiger partial charge in [-0.1, -0.05) is 0 Å². The quantitative estimate of drug-likeness (QED) is 0.457. The van der Waals surface area contributed by atoms with E-state index in [2.05, 4.69) is 15.9 Å². The molecule has 2 aromatic carbocycles. The number of benzene rings is 2. The van der Waals surface area contributed by atoms with Crippen LogP contribution in [-0.4, -0.2) is 11.2 Å². The Hall–Kier alpha value is -2.27. The van der Waals surface area contributed by atoms with Gasteiger partial charge in [-0.2, -0.15) is 0 Å². The number of nitrogen functional groups attached to an aromatic ring is 1. The van der Waals surface area contributed by atoms with E-state index in [-0.39, 0.29) is 5.82 Å². The van der Waals surface area contributed by atoms with Gasteiger partial charge >= 0.3 is 0 Å². The summed E-state index contributed by atoms with van der Waals surface area (Å²) in [5, 5.41) is 8.77. The molecular weight excluding hydrogens is 381 g/mol. The van der Waals surface area contributed by atoms with E-state index in [9.17, 15) is 4.39 Å². The number of anilines is 1. The van der Waals surface area contributed by atoms with Crippen molar-refractivity contribution in [2.24, 2.45) is 0 Å². The van der Waals surface area contributed by atoms with Crippen molar-refractivity contribution < 1.29 is 4.39 Å². The molecule has 126 valence electrons. The van der Waals surface area contributed by atoms with Gasteiger partial charge in [-0.05, 0) is 83.1 Å². The van der Waals surface area contributed by atoms with Crippen LogP contribution in [0.3, 0.4) is 0 Å². The first-order valence-corrected chi connectivity index (χ1v) is 9.09. The summed E-state index contributed by atoms with van der Waals surface area (Å²) < 4.78 is 14.2. The second-order valence-electron chi connectivity index (χ2n) is 6.36. The van der Waals surface area contributed by atoms with Crippen LogP contribution in [0.15, 0.2) is 34.8 Å². The molecule has 0 bridgehead atoms. The Morgan fingerprint density at radius 1 is 1.12 bits per heavy atom. The third kappa shape index (κ3) is 2.63. The Morgan fingerprint density at radius 3 is 2.60 bits per heavy atom. The number of aromatic nitrogens is 1. The van der Waals surface area contributed by atoms with Crippen molar-refractivity contribution in [2.45, 2.75) is 25.7 Å². The minimum atomic E-state index is -0.274. The summed E-state index contributed by atoms with van der Waals surface area (Å²) in [5.41, 5.74) is 12.5. The number of hydrogen-bond donors (Lipinski definition) is 2.